The number of imidazole rings is 1. The van der Waals surface area contributed by atoms with Gasteiger partial charge in [0.25, 0.3) is 0 Å². The lowest BCUT2D eigenvalue weighted by molar-refractivity contribution is 0.628. The van der Waals surface area contributed by atoms with Gasteiger partial charge in [0.05, 0.1) is 11.7 Å². The van der Waals surface area contributed by atoms with Crippen LogP contribution in [0.5, 0.6) is 0 Å². The van der Waals surface area contributed by atoms with E-state index in [0.29, 0.717) is 0 Å². The molecule has 0 amide bonds. The third-order valence-corrected chi connectivity index (χ3v) is 2.45. The van der Waals surface area contributed by atoms with Gasteiger partial charge in [-0.1, -0.05) is 0 Å². The molecule has 0 aliphatic heterocycles. The fourth-order valence-corrected chi connectivity index (χ4v) is 1.59. The first-order chi connectivity index (χ1) is 7.58. The smallest absolute Gasteiger partial charge is 0.123 e. The van der Waals surface area contributed by atoms with Crippen LogP contribution >= 0.6 is 0 Å². The average Bonchev–Trinajstić information content (AvgIpc) is 2.62. The van der Waals surface area contributed by atoms with Crippen molar-refractivity contribution in [3.05, 3.63) is 41.6 Å². The second kappa shape index (κ2) is 4.06. The summed E-state index contributed by atoms with van der Waals surface area (Å²) in [6.07, 6.45) is 0. The molecule has 1 unspecified atom stereocenters. The number of hydrogen-bond acceptors (Lipinski definition) is 2. The van der Waals surface area contributed by atoms with Gasteiger partial charge in [-0.3, -0.25) is 0 Å². The van der Waals surface area contributed by atoms with Crippen molar-refractivity contribution >= 4 is 0 Å². The van der Waals surface area contributed by atoms with Crippen molar-refractivity contribution in [2.24, 2.45) is 5.73 Å². The van der Waals surface area contributed by atoms with Crippen LogP contribution in [0.4, 0.5) is 4.39 Å². The van der Waals surface area contributed by atoms with Crippen molar-refractivity contribution in [3.8, 4) is 11.3 Å². The summed E-state index contributed by atoms with van der Waals surface area (Å²) in [5.41, 5.74) is 8.40. The number of nitrogens with one attached hydrogen (secondary N) is 1. The first-order valence-electron chi connectivity index (χ1n) is 5.16. The van der Waals surface area contributed by atoms with Gasteiger partial charge in [0.1, 0.15) is 11.6 Å². The summed E-state index contributed by atoms with van der Waals surface area (Å²) >= 11 is 0. The Labute approximate surface area is 93.5 Å². The quantitative estimate of drug-likeness (QED) is 0.815. The van der Waals surface area contributed by atoms with Crippen molar-refractivity contribution < 1.29 is 4.39 Å². The van der Waals surface area contributed by atoms with Gasteiger partial charge in [0.15, 0.2) is 0 Å². The third-order valence-electron chi connectivity index (χ3n) is 2.45. The van der Waals surface area contributed by atoms with Crippen LogP contribution in [0.3, 0.4) is 0 Å². The first-order valence-corrected chi connectivity index (χ1v) is 5.16. The van der Waals surface area contributed by atoms with Crippen LogP contribution in [-0.2, 0) is 0 Å². The predicted molar refractivity (Wildman–Crippen MR) is 61.3 cm³/mol. The monoisotopic (exact) mass is 219 g/mol. The van der Waals surface area contributed by atoms with Crippen LogP contribution in [0.2, 0.25) is 0 Å². The van der Waals surface area contributed by atoms with E-state index in [1.807, 2.05) is 13.8 Å². The van der Waals surface area contributed by atoms with Crippen LogP contribution in [-0.4, -0.2) is 9.97 Å². The zero-order valence-electron chi connectivity index (χ0n) is 9.29. The Morgan fingerprint density at radius 2 is 1.94 bits per heavy atom. The molecule has 1 atom stereocenters. The number of nitrogens with zero attached hydrogens (tertiary/aromatic N) is 1. The zero-order chi connectivity index (χ0) is 11.7. The van der Waals surface area contributed by atoms with Crippen LogP contribution in [0.25, 0.3) is 11.3 Å². The molecule has 0 radical (unpaired) electrons. The summed E-state index contributed by atoms with van der Waals surface area (Å²) < 4.78 is 12.8. The Kier molecular flexibility index (Phi) is 2.75. The molecule has 0 saturated heterocycles. The molecule has 1 aromatic carbocycles. The maximum absolute atomic E-state index is 12.8. The number of rotatable bonds is 2. The number of aromatic nitrogens is 2. The number of halogens is 1. The number of hydrogen-bond donors (Lipinski definition) is 2. The minimum atomic E-state index is -0.246. The first kappa shape index (κ1) is 10.8. The molecule has 84 valence electrons. The summed E-state index contributed by atoms with van der Waals surface area (Å²) in [7, 11) is 0. The molecule has 0 aliphatic rings. The summed E-state index contributed by atoms with van der Waals surface area (Å²) in [6.45, 7) is 3.80. The number of H-pyrrole nitrogens is 1. The highest BCUT2D eigenvalue weighted by atomic mass is 19.1. The Morgan fingerprint density at radius 3 is 2.44 bits per heavy atom. The highest BCUT2D eigenvalue weighted by molar-refractivity contribution is 5.61. The van der Waals surface area contributed by atoms with Gasteiger partial charge >= 0.3 is 0 Å². The molecule has 0 bridgehead atoms. The number of nitrogens with two attached hydrogens (primary N) is 1. The van der Waals surface area contributed by atoms with E-state index in [1.54, 1.807) is 12.1 Å². The van der Waals surface area contributed by atoms with E-state index in [9.17, 15) is 4.39 Å². The minimum Gasteiger partial charge on any atom is -0.344 e. The van der Waals surface area contributed by atoms with Gasteiger partial charge in [0.2, 0.25) is 0 Å². The van der Waals surface area contributed by atoms with Crippen molar-refractivity contribution in [3.63, 3.8) is 0 Å². The molecule has 2 aromatic rings. The van der Waals surface area contributed by atoms with E-state index in [-0.39, 0.29) is 11.9 Å². The van der Waals surface area contributed by atoms with E-state index >= 15 is 0 Å². The molecule has 0 spiro atoms. The van der Waals surface area contributed by atoms with Gasteiger partial charge < -0.3 is 10.7 Å². The maximum atomic E-state index is 12.8. The fraction of sp³-hybridized carbons (Fsp3) is 0.250. The Balaban J connectivity index is 2.44. The molecule has 16 heavy (non-hydrogen) atoms. The highest BCUT2D eigenvalue weighted by Gasteiger charge is 2.11. The molecule has 3 N–H and O–H groups in total. The summed E-state index contributed by atoms with van der Waals surface area (Å²) in [5, 5.41) is 0. The lowest BCUT2D eigenvalue weighted by Crippen LogP contribution is -2.06. The van der Waals surface area contributed by atoms with Crippen LogP contribution in [0, 0.1) is 12.7 Å². The summed E-state index contributed by atoms with van der Waals surface area (Å²) in [4.78, 5) is 7.53. The van der Waals surface area contributed by atoms with E-state index in [4.69, 9.17) is 5.73 Å². The van der Waals surface area contributed by atoms with E-state index in [0.717, 1.165) is 22.8 Å². The summed E-state index contributed by atoms with van der Waals surface area (Å²) in [5.74, 6) is 0.501. The number of aryl methyl sites for hydroxylation is 1. The van der Waals surface area contributed by atoms with Crippen LogP contribution in [0.15, 0.2) is 24.3 Å². The van der Waals surface area contributed by atoms with E-state index in [2.05, 4.69) is 9.97 Å². The third kappa shape index (κ3) is 1.97. The van der Waals surface area contributed by atoms with Crippen molar-refractivity contribution in [2.75, 3.05) is 0 Å². The van der Waals surface area contributed by atoms with Gasteiger partial charge in [-0.05, 0) is 38.1 Å². The lowest BCUT2D eigenvalue weighted by atomic mass is 10.1. The standard InChI is InChI=1S/C12H14FN3/c1-7(14)12-15-8(2)11(16-12)9-3-5-10(13)6-4-9/h3-7H,14H2,1-2H3,(H,15,16). The Hall–Kier alpha value is -1.68. The average molecular weight is 219 g/mol. The Morgan fingerprint density at radius 1 is 1.31 bits per heavy atom. The maximum Gasteiger partial charge on any atom is 0.123 e. The van der Waals surface area contributed by atoms with E-state index < -0.39 is 0 Å². The molecular formula is C12H14FN3. The lowest BCUT2D eigenvalue weighted by Gasteiger charge is -1.98. The molecule has 0 fully saturated rings. The number of aromatic amines is 1. The molecule has 3 nitrogen and oxygen atoms in total. The normalized spacial score (nSPS) is 12.8. The second-order valence-electron chi connectivity index (χ2n) is 3.89. The molecule has 1 heterocycles. The molecular weight excluding hydrogens is 205 g/mol. The van der Waals surface area contributed by atoms with Gasteiger partial charge in [0, 0.05) is 11.3 Å². The Bertz CT molecular complexity index is 485. The highest BCUT2D eigenvalue weighted by Crippen LogP contribution is 2.22. The SMILES string of the molecule is Cc1[nH]c(C(C)N)nc1-c1ccc(F)cc1. The largest absolute Gasteiger partial charge is 0.344 e. The van der Waals surface area contributed by atoms with Crippen LogP contribution < -0.4 is 5.73 Å². The van der Waals surface area contributed by atoms with Gasteiger partial charge in [-0.2, -0.15) is 0 Å². The number of benzene rings is 1. The topological polar surface area (TPSA) is 54.7 Å². The van der Waals surface area contributed by atoms with Crippen molar-refractivity contribution in [1.82, 2.24) is 9.97 Å². The van der Waals surface area contributed by atoms with Crippen molar-refractivity contribution in [1.29, 1.82) is 0 Å². The van der Waals surface area contributed by atoms with Crippen molar-refractivity contribution in [2.45, 2.75) is 19.9 Å². The molecule has 0 saturated carbocycles. The molecule has 2 rings (SSSR count). The van der Waals surface area contributed by atoms with Crippen LogP contribution in [0.1, 0.15) is 24.5 Å². The molecule has 1 aromatic heterocycles. The minimum absolute atomic E-state index is 0.132. The summed E-state index contributed by atoms with van der Waals surface area (Å²) in [6, 6.07) is 6.14. The second-order valence-corrected chi connectivity index (χ2v) is 3.89. The molecule has 0 aliphatic carbocycles. The van der Waals surface area contributed by atoms with Gasteiger partial charge in [-0.15, -0.1) is 0 Å². The van der Waals surface area contributed by atoms with Gasteiger partial charge in [-0.25, -0.2) is 9.37 Å². The molecule has 4 heteroatoms. The predicted octanol–water partition coefficient (Wildman–Crippen LogP) is 2.54. The zero-order valence-corrected chi connectivity index (χ0v) is 9.29. The van der Waals surface area contributed by atoms with E-state index in [1.165, 1.54) is 12.1 Å². The fourth-order valence-electron chi connectivity index (χ4n) is 1.59.